The summed E-state index contributed by atoms with van der Waals surface area (Å²) in [6.07, 6.45) is 1.61. The molecule has 7 nitrogen and oxygen atoms in total. The van der Waals surface area contributed by atoms with Gasteiger partial charge in [0.15, 0.2) is 5.82 Å². The number of ether oxygens (including phenoxy) is 1. The number of carbonyl (C=O) groups excluding carboxylic acids is 2. The molecule has 0 unspecified atom stereocenters. The van der Waals surface area contributed by atoms with Crippen LogP contribution in [0.4, 0.5) is 17.2 Å². The van der Waals surface area contributed by atoms with Crippen molar-refractivity contribution in [2.45, 2.75) is 13.3 Å². The molecule has 0 fully saturated rings. The zero-order valence-corrected chi connectivity index (χ0v) is 18.4. The maximum absolute atomic E-state index is 13.2. The molecule has 1 aliphatic heterocycles. The van der Waals surface area contributed by atoms with Gasteiger partial charge in [-0.1, -0.05) is 17.7 Å². The fraction of sp³-hybridized carbons (Fsp3) is 0.167. The first-order valence-electron chi connectivity index (χ1n) is 9.98. The molecule has 2 amide bonds. The number of fused-ring (bicyclic) bond motifs is 1. The predicted octanol–water partition coefficient (Wildman–Crippen LogP) is 4.55. The van der Waals surface area contributed by atoms with E-state index >= 15 is 0 Å². The van der Waals surface area contributed by atoms with Crippen LogP contribution in [0.5, 0.6) is 5.75 Å². The summed E-state index contributed by atoms with van der Waals surface area (Å²) in [5.41, 5.74) is 3.39. The van der Waals surface area contributed by atoms with E-state index in [0.29, 0.717) is 33.7 Å². The number of aliphatic imine (C=N–C) groups is 1. The molecule has 2 heterocycles. The Morgan fingerprint density at radius 3 is 2.72 bits per heavy atom. The minimum atomic E-state index is -0.354. The van der Waals surface area contributed by atoms with Crippen LogP contribution in [0.25, 0.3) is 0 Å². The van der Waals surface area contributed by atoms with Crippen LogP contribution in [0.3, 0.4) is 0 Å². The Bertz CT molecular complexity index is 1210. The van der Waals surface area contributed by atoms with Crippen molar-refractivity contribution in [2.24, 2.45) is 4.99 Å². The molecule has 32 heavy (non-hydrogen) atoms. The summed E-state index contributed by atoms with van der Waals surface area (Å²) in [7, 11) is 1.59. The van der Waals surface area contributed by atoms with Gasteiger partial charge in [-0.15, -0.1) is 0 Å². The molecule has 1 aromatic heterocycles. The molecule has 4 rings (SSSR count). The van der Waals surface area contributed by atoms with Crippen LogP contribution in [0.2, 0.25) is 5.02 Å². The number of halogens is 1. The van der Waals surface area contributed by atoms with E-state index in [1.807, 2.05) is 37.3 Å². The molecular weight excluding hydrogens is 428 g/mol. The van der Waals surface area contributed by atoms with Crippen molar-refractivity contribution >= 4 is 46.3 Å². The zero-order valence-electron chi connectivity index (χ0n) is 17.6. The summed E-state index contributed by atoms with van der Waals surface area (Å²) in [6.45, 7) is 1.68. The maximum Gasteiger partial charge on any atom is 0.244 e. The Kier molecular flexibility index (Phi) is 6.18. The van der Waals surface area contributed by atoms with Gasteiger partial charge in [-0.2, -0.15) is 0 Å². The maximum atomic E-state index is 13.2. The summed E-state index contributed by atoms with van der Waals surface area (Å²) in [5, 5.41) is 3.34. The lowest BCUT2D eigenvalue weighted by Crippen LogP contribution is -2.39. The molecule has 8 heteroatoms. The molecule has 2 aromatic carbocycles. The Morgan fingerprint density at radius 1 is 1.19 bits per heavy atom. The number of benzene rings is 2. The lowest BCUT2D eigenvalue weighted by atomic mass is 10.1. The SMILES string of the molecule is COc1ccc(C2=Nc3cccnc3N(CC(=O)Nc3cc(Cl)ccc3C)C(=O)C2)cc1. The minimum Gasteiger partial charge on any atom is -0.497 e. The van der Waals surface area contributed by atoms with Gasteiger partial charge >= 0.3 is 0 Å². The van der Waals surface area contributed by atoms with Gasteiger partial charge in [0.2, 0.25) is 11.8 Å². The average molecular weight is 449 g/mol. The number of rotatable bonds is 5. The summed E-state index contributed by atoms with van der Waals surface area (Å²) >= 11 is 6.05. The number of aryl methyl sites for hydroxylation is 1. The quantitative estimate of drug-likeness (QED) is 0.620. The topological polar surface area (TPSA) is 83.9 Å². The van der Waals surface area contributed by atoms with Crippen molar-refractivity contribution in [1.82, 2.24) is 4.98 Å². The number of aromatic nitrogens is 1. The molecule has 162 valence electrons. The molecule has 0 spiro atoms. The Balaban J connectivity index is 1.60. The average Bonchev–Trinajstić information content (AvgIpc) is 2.93. The first kappa shape index (κ1) is 21.5. The molecule has 0 atom stereocenters. The van der Waals surface area contributed by atoms with E-state index in [0.717, 1.165) is 11.1 Å². The highest BCUT2D eigenvalue weighted by Crippen LogP contribution is 2.31. The van der Waals surface area contributed by atoms with E-state index in [9.17, 15) is 9.59 Å². The molecular formula is C24H21ClN4O3. The van der Waals surface area contributed by atoms with Crippen LogP contribution < -0.4 is 15.0 Å². The van der Waals surface area contributed by atoms with Crippen LogP contribution in [-0.2, 0) is 9.59 Å². The van der Waals surface area contributed by atoms with Crippen molar-refractivity contribution < 1.29 is 14.3 Å². The number of anilines is 2. The number of nitrogens with zero attached hydrogens (tertiary/aromatic N) is 3. The van der Waals surface area contributed by atoms with Crippen LogP contribution in [0, 0.1) is 6.92 Å². The van der Waals surface area contributed by atoms with Gasteiger partial charge in [-0.05, 0) is 66.6 Å². The van der Waals surface area contributed by atoms with Gasteiger partial charge in [0.1, 0.15) is 18.0 Å². The number of nitrogens with one attached hydrogen (secondary N) is 1. The first-order valence-corrected chi connectivity index (χ1v) is 10.4. The molecule has 0 saturated heterocycles. The fourth-order valence-corrected chi connectivity index (χ4v) is 3.57. The fourth-order valence-electron chi connectivity index (χ4n) is 3.40. The van der Waals surface area contributed by atoms with Crippen LogP contribution in [0.15, 0.2) is 65.8 Å². The van der Waals surface area contributed by atoms with E-state index in [-0.39, 0.29) is 24.8 Å². The van der Waals surface area contributed by atoms with E-state index in [4.69, 9.17) is 16.3 Å². The standard InChI is InChI=1S/C24H21ClN4O3/c1-15-5-8-17(25)12-20(15)28-22(30)14-29-23(31)13-21(16-6-9-18(32-2)10-7-16)27-19-4-3-11-26-24(19)29/h3-12H,13-14H2,1-2H3,(H,28,30). The second-order valence-corrected chi connectivity index (χ2v) is 7.73. The highest BCUT2D eigenvalue weighted by Gasteiger charge is 2.28. The monoisotopic (exact) mass is 448 g/mol. The summed E-state index contributed by atoms with van der Waals surface area (Å²) in [4.78, 5) is 36.4. The summed E-state index contributed by atoms with van der Waals surface area (Å²) in [5.74, 6) is 0.438. The van der Waals surface area contributed by atoms with E-state index in [1.54, 1.807) is 37.6 Å². The van der Waals surface area contributed by atoms with Gasteiger partial charge < -0.3 is 10.1 Å². The number of hydrogen-bond donors (Lipinski definition) is 1. The number of amides is 2. The van der Waals surface area contributed by atoms with Crippen LogP contribution in [0.1, 0.15) is 17.5 Å². The zero-order chi connectivity index (χ0) is 22.7. The second-order valence-electron chi connectivity index (χ2n) is 7.30. The Morgan fingerprint density at radius 2 is 1.97 bits per heavy atom. The third-order valence-electron chi connectivity index (χ3n) is 5.10. The molecule has 0 aliphatic carbocycles. The lowest BCUT2D eigenvalue weighted by Gasteiger charge is -2.21. The van der Waals surface area contributed by atoms with E-state index in [2.05, 4.69) is 15.3 Å². The van der Waals surface area contributed by atoms with Crippen molar-refractivity contribution in [3.63, 3.8) is 0 Å². The van der Waals surface area contributed by atoms with Gasteiger partial charge in [0.05, 0.1) is 19.2 Å². The lowest BCUT2D eigenvalue weighted by molar-refractivity contribution is -0.120. The Labute approximate surface area is 190 Å². The third kappa shape index (κ3) is 4.63. The van der Waals surface area contributed by atoms with Gasteiger partial charge in [-0.25, -0.2) is 9.98 Å². The van der Waals surface area contributed by atoms with Gasteiger partial charge in [-0.3, -0.25) is 14.5 Å². The smallest absolute Gasteiger partial charge is 0.244 e. The van der Waals surface area contributed by atoms with Crippen LogP contribution >= 0.6 is 11.6 Å². The van der Waals surface area contributed by atoms with Crippen molar-refractivity contribution in [3.05, 3.63) is 76.9 Å². The number of carbonyl (C=O) groups is 2. The van der Waals surface area contributed by atoms with E-state index < -0.39 is 0 Å². The van der Waals surface area contributed by atoms with Gasteiger partial charge in [0, 0.05) is 16.9 Å². The first-order chi connectivity index (χ1) is 15.4. The van der Waals surface area contributed by atoms with Crippen LogP contribution in [-0.4, -0.2) is 36.2 Å². The molecule has 1 aliphatic rings. The largest absolute Gasteiger partial charge is 0.497 e. The van der Waals surface area contributed by atoms with Crippen molar-refractivity contribution in [1.29, 1.82) is 0 Å². The molecule has 3 aromatic rings. The number of methoxy groups -OCH3 is 1. The minimum absolute atomic E-state index is 0.0339. The molecule has 0 saturated carbocycles. The third-order valence-corrected chi connectivity index (χ3v) is 5.33. The number of pyridine rings is 1. The predicted molar refractivity (Wildman–Crippen MR) is 125 cm³/mol. The summed E-state index contributed by atoms with van der Waals surface area (Å²) < 4.78 is 5.21. The second kappa shape index (κ2) is 9.20. The van der Waals surface area contributed by atoms with Crippen molar-refractivity contribution in [2.75, 3.05) is 23.9 Å². The molecule has 0 radical (unpaired) electrons. The highest BCUT2D eigenvalue weighted by molar-refractivity contribution is 6.31. The summed E-state index contributed by atoms with van der Waals surface area (Å²) in [6, 6.07) is 16.1. The molecule has 1 N–H and O–H groups in total. The molecule has 0 bridgehead atoms. The normalized spacial score (nSPS) is 13.2. The highest BCUT2D eigenvalue weighted by atomic mass is 35.5. The van der Waals surface area contributed by atoms with Gasteiger partial charge in [0.25, 0.3) is 0 Å². The number of hydrogen-bond acceptors (Lipinski definition) is 5. The van der Waals surface area contributed by atoms with Crippen molar-refractivity contribution in [3.8, 4) is 5.75 Å². The van der Waals surface area contributed by atoms with E-state index in [1.165, 1.54) is 4.90 Å². The Hall–Kier alpha value is -3.71.